The fourth-order valence-electron chi connectivity index (χ4n) is 2.44. The summed E-state index contributed by atoms with van der Waals surface area (Å²) >= 11 is 0. The van der Waals surface area contributed by atoms with Crippen LogP contribution < -0.4 is 10.1 Å². The third-order valence-electron chi connectivity index (χ3n) is 3.67. The van der Waals surface area contributed by atoms with E-state index >= 15 is 0 Å². The summed E-state index contributed by atoms with van der Waals surface area (Å²) in [5.74, 6) is 0.926. The number of para-hydroxylation sites is 1. The van der Waals surface area contributed by atoms with Crippen LogP contribution in [0.3, 0.4) is 0 Å². The molecular formula is C19H25NO2. The number of rotatable bonds is 9. The minimum Gasteiger partial charge on any atom is -0.491 e. The number of methoxy groups -OCH3 is 1. The van der Waals surface area contributed by atoms with Crippen LogP contribution in [0.25, 0.3) is 0 Å². The molecule has 0 spiro atoms. The maximum atomic E-state index is 5.78. The summed E-state index contributed by atoms with van der Waals surface area (Å²) in [6.07, 6.45) is 1.05. The summed E-state index contributed by atoms with van der Waals surface area (Å²) in [6, 6.07) is 19.1. The molecule has 3 heteroatoms. The fourth-order valence-corrected chi connectivity index (χ4v) is 2.44. The lowest BCUT2D eigenvalue weighted by molar-refractivity contribution is 0.145. The lowest BCUT2D eigenvalue weighted by Crippen LogP contribution is -2.20. The highest BCUT2D eigenvalue weighted by atomic mass is 16.5. The monoisotopic (exact) mass is 299 g/mol. The summed E-state index contributed by atoms with van der Waals surface area (Å²) in [5, 5.41) is 3.62. The van der Waals surface area contributed by atoms with Gasteiger partial charge in [0.1, 0.15) is 12.4 Å². The molecule has 0 aliphatic heterocycles. The zero-order chi connectivity index (χ0) is 15.6. The first kappa shape index (κ1) is 16.5. The molecule has 0 saturated heterocycles. The lowest BCUT2D eigenvalue weighted by atomic mass is 10.0. The summed E-state index contributed by atoms with van der Waals surface area (Å²) in [4.78, 5) is 0. The average Bonchev–Trinajstić information content (AvgIpc) is 2.58. The van der Waals surface area contributed by atoms with Crippen molar-refractivity contribution in [2.24, 2.45) is 0 Å². The Labute approximate surface area is 133 Å². The Kier molecular flexibility index (Phi) is 6.94. The fraction of sp³-hybridized carbons (Fsp3) is 0.368. The molecule has 0 amide bonds. The Balaban J connectivity index is 1.98. The normalized spacial score (nSPS) is 12.1. The van der Waals surface area contributed by atoms with Gasteiger partial charge in [-0.25, -0.2) is 0 Å². The van der Waals surface area contributed by atoms with E-state index in [1.54, 1.807) is 7.11 Å². The minimum atomic E-state index is 0.355. The second-order valence-corrected chi connectivity index (χ2v) is 5.20. The van der Waals surface area contributed by atoms with Crippen LogP contribution in [0.4, 0.5) is 0 Å². The van der Waals surface area contributed by atoms with Crippen LogP contribution in [0, 0.1) is 0 Å². The van der Waals surface area contributed by atoms with Crippen LogP contribution in [-0.4, -0.2) is 20.3 Å². The van der Waals surface area contributed by atoms with E-state index in [9.17, 15) is 0 Å². The van der Waals surface area contributed by atoms with Crippen LogP contribution in [0.15, 0.2) is 54.6 Å². The van der Waals surface area contributed by atoms with Gasteiger partial charge in [-0.05, 0) is 18.1 Å². The van der Waals surface area contributed by atoms with E-state index in [0.717, 1.165) is 18.7 Å². The predicted octanol–water partition coefficient (Wildman–Crippen LogP) is 3.95. The van der Waals surface area contributed by atoms with E-state index in [0.29, 0.717) is 19.3 Å². The highest BCUT2D eigenvalue weighted by Gasteiger charge is 2.10. The summed E-state index contributed by atoms with van der Waals surface area (Å²) in [7, 11) is 1.68. The molecule has 0 aliphatic carbocycles. The standard InChI is InChI=1S/C19H25NO2/c1-3-18(16-9-5-4-6-10-16)20-15-17-11-7-8-12-19(17)22-14-13-21-2/h4-12,18,20H,3,13-15H2,1-2H3. The van der Waals surface area contributed by atoms with Crippen molar-refractivity contribution in [1.82, 2.24) is 5.32 Å². The van der Waals surface area contributed by atoms with Crippen molar-refractivity contribution in [3.8, 4) is 5.75 Å². The molecule has 22 heavy (non-hydrogen) atoms. The Morgan fingerprint density at radius 1 is 0.955 bits per heavy atom. The first-order chi connectivity index (χ1) is 10.8. The third-order valence-corrected chi connectivity index (χ3v) is 3.67. The second-order valence-electron chi connectivity index (χ2n) is 5.20. The van der Waals surface area contributed by atoms with Gasteiger partial charge in [0, 0.05) is 25.3 Å². The van der Waals surface area contributed by atoms with Gasteiger partial charge in [-0.1, -0.05) is 55.5 Å². The Morgan fingerprint density at radius 3 is 2.41 bits per heavy atom. The van der Waals surface area contributed by atoms with Gasteiger partial charge in [0.25, 0.3) is 0 Å². The molecule has 3 nitrogen and oxygen atoms in total. The molecule has 0 aromatic heterocycles. The lowest BCUT2D eigenvalue weighted by Gasteiger charge is -2.19. The molecule has 2 rings (SSSR count). The number of hydrogen-bond donors (Lipinski definition) is 1. The molecule has 1 unspecified atom stereocenters. The molecule has 1 atom stereocenters. The van der Waals surface area contributed by atoms with Crippen molar-refractivity contribution >= 4 is 0 Å². The zero-order valence-electron chi connectivity index (χ0n) is 13.4. The summed E-state index contributed by atoms with van der Waals surface area (Å²) in [6.45, 7) is 4.16. The first-order valence-corrected chi connectivity index (χ1v) is 7.83. The Hall–Kier alpha value is -1.84. The predicted molar refractivity (Wildman–Crippen MR) is 90.1 cm³/mol. The van der Waals surface area contributed by atoms with Gasteiger partial charge in [0.15, 0.2) is 0 Å². The van der Waals surface area contributed by atoms with Crippen molar-refractivity contribution in [3.63, 3.8) is 0 Å². The van der Waals surface area contributed by atoms with Crippen LogP contribution in [0.2, 0.25) is 0 Å². The van der Waals surface area contributed by atoms with Gasteiger partial charge < -0.3 is 14.8 Å². The van der Waals surface area contributed by atoms with Gasteiger partial charge in [0.2, 0.25) is 0 Å². The molecule has 0 radical (unpaired) electrons. The van der Waals surface area contributed by atoms with Gasteiger partial charge in [-0.2, -0.15) is 0 Å². The van der Waals surface area contributed by atoms with E-state index in [4.69, 9.17) is 9.47 Å². The maximum absolute atomic E-state index is 5.78. The molecular weight excluding hydrogens is 274 g/mol. The molecule has 118 valence electrons. The number of nitrogens with one attached hydrogen (secondary N) is 1. The van der Waals surface area contributed by atoms with Crippen molar-refractivity contribution in [1.29, 1.82) is 0 Å². The van der Waals surface area contributed by atoms with Crippen molar-refractivity contribution in [3.05, 3.63) is 65.7 Å². The molecule has 2 aromatic carbocycles. The SMILES string of the molecule is CCC(NCc1ccccc1OCCOC)c1ccccc1. The zero-order valence-corrected chi connectivity index (χ0v) is 13.4. The molecule has 0 bridgehead atoms. The second kappa shape index (κ2) is 9.23. The molecule has 0 fully saturated rings. The van der Waals surface area contributed by atoms with Crippen LogP contribution in [-0.2, 0) is 11.3 Å². The summed E-state index contributed by atoms with van der Waals surface area (Å²) < 4.78 is 10.8. The van der Waals surface area contributed by atoms with Crippen LogP contribution >= 0.6 is 0 Å². The van der Waals surface area contributed by atoms with Gasteiger partial charge in [-0.3, -0.25) is 0 Å². The number of benzene rings is 2. The largest absolute Gasteiger partial charge is 0.491 e. The van der Waals surface area contributed by atoms with E-state index in [1.165, 1.54) is 11.1 Å². The quantitative estimate of drug-likeness (QED) is 0.711. The smallest absolute Gasteiger partial charge is 0.123 e. The average molecular weight is 299 g/mol. The Bertz CT molecular complexity index is 542. The highest BCUT2D eigenvalue weighted by molar-refractivity contribution is 5.33. The van der Waals surface area contributed by atoms with Gasteiger partial charge >= 0.3 is 0 Å². The molecule has 1 N–H and O–H groups in total. The third kappa shape index (κ3) is 4.86. The van der Waals surface area contributed by atoms with E-state index < -0.39 is 0 Å². The van der Waals surface area contributed by atoms with E-state index in [-0.39, 0.29) is 0 Å². The number of hydrogen-bond acceptors (Lipinski definition) is 3. The summed E-state index contributed by atoms with van der Waals surface area (Å²) in [5.41, 5.74) is 2.50. The topological polar surface area (TPSA) is 30.5 Å². The Morgan fingerprint density at radius 2 is 1.68 bits per heavy atom. The minimum absolute atomic E-state index is 0.355. The van der Waals surface area contributed by atoms with Crippen molar-refractivity contribution < 1.29 is 9.47 Å². The van der Waals surface area contributed by atoms with E-state index in [1.807, 2.05) is 18.2 Å². The molecule has 2 aromatic rings. The van der Waals surface area contributed by atoms with Gasteiger partial charge in [-0.15, -0.1) is 0 Å². The maximum Gasteiger partial charge on any atom is 0.123 e. The molecule has 0 heterocycles. The molecule has 0 saturated carbocycles. The van der Waals surface area contributed by atoms with Gasteiger partial charge in [0.05, 0.1) is 6.61 Å². The molecule has 0 aliphatic rings. The van der Waals surface area contributed by atoms with Crippen molar-refractivity contribution in [2.45, 2.75) is 25.9 Å². The first-order valence-electron chi connectivity index (χ1n) is 7.83. The number of ether oxygens (including phenoxy) is 2. The van der Waals surface area contributed by atoms with Crippen molar-refractivity contribution in [2.75, 3.05) is 20.3 Å². The van der Waals surface area contributed by atoms with Crippen LogP contribution in [0.5, 0.6) is 5.75 Å². The highest BCUT2D eigenvalue weighted by Crippen LogP contribution is 2.21. The van der Waals surface area contributed by atoms with Crippen LogP contribution in [0.1, 0.15) is 30.5 Å². The van der Waals surface area contributed by atoms with E-state index in [2.05, 4.69) is 48.6 Å².